The Balaban J connectivity index is 1.82. The number of piperidine rings is 1. The van der Waals surface area contributed by atoms with E-state index in [9.17, 15) is 8.42 Å². The average molecular weight is 258 g/mol. The molecule has 0 amide bonds. The second-order valence-electron chi connectivity index (χ2n) is 4.59. The first kappa shape index (κ1) is 10.4. The predicted octanol–water partition coefficient (Wildman–Crippen LogP) is 2.07. The van der Waals surface area contributed by atoms with Crippen LogP contribution in [-0.2, 0) is 9.05 Å². The molecule has 3 rings (SSSR count). The molecule has 1 aromatic carbocycles. The van der Waals surface area contributed by atoms with E-state index in [0.717, 1.165) is 30.6 Å². The smallest absolute Gasteiger partial charge is 0.261 e. The molecule has 1 saturated heterocycles. The molecule has 2 fully saturated rings. The quantitative estimate of drug-likeness (QED) is 0.762. The number of hydrogen-bond acceptors (Lipinski definition) is 3. The molecule has 5 heteroatoms. The lowest BCUT2D eigenvalue weighted by atomic mass is 10.3. The molecule has 16 heavy (non-hydrogen) atoms. The number of nitrogens with zero attached hydrogens (tertiary/aromatic N) is 1. The zero-order valence-electron chi connectivity index (χ0n) is 8.64. The van der Waals surface area contributed by atoms with E-state index in [1.165, 1.54) is 6.42 Å². The fourth-order valence-corrected chi connectivity index (χ4v) is 3.20. The Morgan fingerprint density at radius 2 is 1.69 bits per heavy atom. The van der Waals surface area contributed by atoms with Crippen molar-refractivity contribution in [1.82, 2.24) is 0 Å². The van der Waals surface area contributed by atoms with Gasteiger partial charge in [0.05, 0.1) is 4.90 Å². The molecule has 1 aromatic rings. The van der Waals surface area contributed by atoms with Crippen LogP contribution in [0.4, 0.5) is 5.69 Å². The highest BCUT2D eigenvalue weighted by Crippen LogP contribution is 2.46. The highest BCUT2D eigenvalue weighted by Gasteiger charge is 2.44. The topological polar surface area (TPSA) is 37.4 Å². The summed E-state index contributed by atoms with van der Waals surface area (Å²) in [5.41, 5.74) is 1.09. The lowest BCUT2D eigenvalue weighted by Gasteiger charge is -2.20. The molecule has 0 bridgehead atoms. The fourth-order valence-electron chi connectivity index (χ4n) is 2.43. The van der Waals surface area contributed by atoms with Crippen molar-refractivity contribution >= 4 is 25.4 Å². The van der Waals surface area contributed by atoms with Gasteiger partial charge in [0.1, 0.15) is 0 Å². The van der Waals surface area contributed by atoms with Gasteiger partial charge in [0, 0.05) is 29.5 Å². The fraction of sp³-hybridized carbons (Fsp3) is 0.455. The summed E-state index contributed by atoms with van der Waals surface area (Å²) in [4.78, 5) is 2.48. The Hall–Kier alpha value is -0.740. The van der Waals surface area contributed by atoms with Gasteiger partial charge in [-0.25, -0.2) is 8.42 Å². The molecule has 0 N–H and O–H groups in total. The number of fused-ring (bicyclic) bond motifs is 1. The summed E-state index contributed by atoms with van der Waals surface area (Å²) in [6.45, 7) is 2.22. The Bertz CT molecular complexity index is 501. The van der Waals surface area contributed by atoms with Gasteiger partial charge in [0.15, 0.2) is 0 Å². The number of anilines is 1. The average Bonchev–Trinajstić information content (AvgIpc) is 2.85. The Morgan fingerprint density at radius 1 is 1.12 bits per heavy atom. The third-order valence-corrected chi connectivity index (χ3v) is 4.83. The van der Waals surface area contributed by atoms with Crippen molar-refractivity contribution in [3.63, 3.8) is 0 Å². The molecule has 1 heterocycles. The molecule has 86 valence electrons. The van der Waals surface area contributed by atoms with Crippen LogP contribution in [0, 0.1) is 11.8 Å². The number of hydrogen-bond donors (Lipinski definition) is 0. The Kier molecular flexibility index (Phi) is 2.20. The largest absolute Gasteiger partial charge is 0.371 e. The molecule has 2 aliphatic rings. The summed E-state index contributed by atoms with van der Waals surface area (Å²) in [5, 5.41) is 0. The highest BCUT2D eigenvalue weighted by atomic mass is 35.7. The minimum Gasteiger partial charge on any atom is -0.371 e. The van der Waals surface area contributed by atoms with Crippen molar-refractivity contribution in [3.05, 3.63) is 24.3 Å². The maximum atomic E-state index is 11.1. The molecule has 0 radical (unpaired) electrons. The van der Waals surface area contributed by atoms with E-state index < -0.39 is 9.05 Å². The second kappa shape index (κ2) is 3.37. The summed E-state index contributed by atoms with van der Waals surface area (Å²) in [7, 11) is 1.67. The molecule has 3 nitrogen and oxygen atoms in total. The second-order valence-corrected chi connectivity index (χ2v) is 7.16. The van der Waals surface area contributed by atoms with Gasteiger partial charge in [-0.1, -0.05) is 0 Å². The van der Waals surface area contributed by atoms with Gasteiger partial charge >= 0.3 is 0 Å². The van der Waals surface area contributed by atoms with E-state index in [4.69, 9.17) is 10.7 Å². The third-order valence-electron chi connectivity index (χ3n) is 3.46. The van der Waals surface area contributed by atoms with Gasteiger partial charge in [-0.15, -0.1) is 0 Å². The maximum Gasteiger partial charge on any atom is 0.261 e. The van der Waals surface area contributed by atoms with Crippen LogP contribution in [0.25, 0.3) is 0 Å². The van der Waals surface area contributed by atoms with Gasteiger partial charge in [-0.05, 0) is 42.5 Å². The Labute approximate surface area is 99.4 Å². The first-order valence-corrected chi connectivity index (χ1v) is 7.64. The molecule has 0 aromatic heterocycles. The van der Waals surface area contributed by atoms with Gasteiger partial charge in [0.2, 0.25) is 0 Å². The Morgan fingerprint density at radius 3 is 2.19 bits per heavy atom. The lowest BCUT2D eigenvalue weighted by molar-refractivity contribution is 0.609. The zero-order chi connectivity index (χ0) is 11.3. The van der Waals surface area contributed by atoms with Crippen molar-refractivity contribution in [2.24, 2.45) is 11.8 Å². The molecule has 2 unspecified atom stereocenters. The van der Waals surface area contributed by atoms with E-state index >= 15 is 0 Å². The third kappa shape index (κ3) is 1.80. The van der Waals surface area contributed by atoms with Crippen LogP contribution in [-0.4, -0.2) is 21.5 Å². The van der Waals surface area contributed by atoms with Crippen molar-refractivity contribution in [3.8, 4) is 0 Å². The van der Waals surface area contributed by atoms with E-state index in [2.05, 4.69) is 4.90 Å². The van der Waals surface area contributed by atoms with Crippen LogP contribution in [0.5, 0.6) is 0 Å². The summed E-state index contributed by atoms with van der Waals surface area (Å²) in [5.74, 6) is 1.74. The minimum atomic E-state index is -3.59. The molecular formula is C11H12ClNO2S. The summed E-state index contributed by atoms with van der Waals surface area (Å²) in [6.07, 6.45) is 1.37. The van der Waals surface area contributed by atoms with Crippen LogP contribution in [0.1, 0.15) is 6.42 Å². The van der Waals surface area contributed by atoms with Crippen LogP contribution < -0.4 is 4.90 Å². The molecule has 1 saturated carbocycles. The van der Waals surface area contributed by atoms with Crippen LogP contribution >= 0.6 is 10.7 Å². The normalized spacial score (nSPS) is 27.9. The SMILES string of the molecule is O=S(=O)(Cl)c1ccc(N2CC3CC3C2)cc1. The van der Waals surface area contributed by atoms with E-state index in [1.54, 1.807) is 12.1 Å². The highest BCUT2D eigenvalue weighted by molar-refractivity contribution is 8.13. The predicted molar refractivity (Wildman–Crippen MR) is 63.3 cm³/mol. The van der Waals surface area contributed by atoms with Gasteiger partial charge < -0.3 is 4.90 Å². The maximum absolute atomic E-state index is 11.1. The van der Waals surface area contributed by atoms with Gasteiger partial charge in [-0.3, -0.25) is 0 Å². The van der Waals surface area contributed by atoms with Gasteiger partial charge in [0.25, 0.3) is 9.05 Å². The summed E-state index contributed by atoms with van der Waals surface area (Å²) < 4.78 is 22.2. The van der Waals surface area contributed by atoms with E-state index in [1.807, 2.05) is 12.1 Å². The number of rotatable bonds is 2. The zero-order valence-corrected chi connectivity index (χ0v) is 10.2. The number of benzene rings is 1. The minimum absolute atomic E-state index is 0.169. The molecule has 1 aliphatic heterocycles. The van der Waals surface area contributed by atoms with Crippen molar-refractivity contribution in [2.45, 2.75) is 11.3 Å². The van der Waals surface area contributed by atoms with Crippen LogP contribution in [0.15, 0.2) is 29.2 Å². The van der Waals surface area contributed by atoms with Crippen molar-refractivity contribution in [1.29, 1.82) is 0 Å². The van der Waals surface area contributed by atoms with Gasteiger partial charge in [-0.2, -0.15) is 0 Å². The number of halogens is 1. The van der Waals surface area contributed by atoms with Crippen LogP contribution in [0.3, 0.4) is 0 Å². The van der Waals surface area contributed by atoms with E-state index in [0.29, 0.717) is 0 Å². The molecular weight excluding hydrogens is 246 g/mol. The lowest BCUT2D eigenvalue weighted by Crippen LogP contribution is -2.21. The van der Waals surface area contributed by atoms with E-state index in [-0.39, 0.29) is 4.90 Å². The molecule has 0 spiro atoms. The summed E-state index contributed by atoms with van der Waals surface area (Å²) >= 11 is 0. The molecule has 1 aliphatic carbocycles. The summed E-state index contributed by atoms with van der Waals surface area (Å²) in [6, 6.07) is 6.81. The monoisotopic (exact) mass is 257 g/mol. The van der Waals surface area contributed by atoms with Crippen molar-refractivity contribution in [2.75, 3.05) is 18.0 Å². The first-order chi connectivity index (χ1) is 7.54. The molecule has 2 atom stereocenters. The standard InChI is InChI=1S/C11H12ClNO2S/c12-16(14,15)11-3-1-10(2-4-11)13-6-8-5-9(8)7-13/h1-4,8-9H,5-7H2. The van der Waals surface area contributed by atoms with Crippen LogP contribution in [0.2, 0.25) is 0 Å². The first-order valence-electron chi connectivity index (χ1n) is 5.34. The van der Waals surface area contributed by atoms with Crippen molar-refractivity contribution < 1.29 is 8.42 Å².